The first-order valence-corrected chi connectivity index (χ1v) is 7.02. The highest BCUT2D eigenvalue weighted by Crippen LogP contribution is 2.24. The van der Waals surface area contributed by atoms with Gasteiger partial charge >= 0.3 is 0 Å². The zero-order chi connectivity index (χ0) is 14.8. The van der Waals surface area contributed by atoms with E-state index in [1.807, 2.05) is 47.3 Å². The van der Waals surface area contributed by atoms with E-state index in [0.29, 0.717) is 0 Å². The van der Waals surface area contributed by atoms with E-state index in [4.69, 9.17) is 0 Å². The number of rotatable bonds is 3. The largest absolute Gasteiger partial charge is 0.339 e. The standard InChI is InChI=1S/C18H18N3/c1-13-11-14(2)15(3)17(12-13)19-18-9-10-21(20-18)16-7-5-4-6-8-16/h4-10,12H,1-3H3,(H,19,20). The number of aromatic nitrogens is 2. The van der Waals surface area contributed by atoms with Crippen molar-refractivity contribution in [2.24, 2.45) is 0 Å². The third-order valence-electron chi connectivity index (χ3n) is 3.58. The summed E-state index contributed by atoms with van der Waals surface area (Å²) in [7, 11) is 0. The maximum absolute atomic E-state index is 4.57. The van der Waals surface area contributed by atoms with E-state index >= 15 is 0 Å². The molecular weight excluding hydrogens is 258 g/mol. The molecule has 0 unspecified atom stereocenters. The Morgan fingerprint density at radius 3 is 2.57 bits per heavy atom. The first kappa shape index (κ1) is 13.4. The van der Waals surface area contributed by atoms with Crippen LogP contribution in [0.4, 0.5) is 11.5 Å². The fourth-order valence-electron chi connectivity index (χ4n) is 2.34. The number of anilines is 2. The first-order chi connectivity index (χ1) is 10.1. The van der Waals surface area contributed by atoms with Crippen molar-refractivity contribution in [3.05, 3.63) is 71.4 Å². The normalized spacial score (nSPS) is 10.6. The minimum absolute atomic E-state index is 0.840. The van der Waals surface area contributed by atoms with Gasteiger partial charge < -0.3 is 5.32 Å². The second-order valence-corrected chi connectivity index (χ2v) is 5.22. The molecule has 3 heteroatoms. The molecule has 21 heavy (non-hydrogen) atoms. The van der Waals surface area contributed by atoms with Gasteiger partial charge in [-0.05, 0) is 61.7 Å². The molecule has 0 saturated heterocycles. The van der Waals surface area contributed by atoms with Crippen LogP contribution in [0, 0.1) is 26.8 Å². The maximum Gasteiger partial charge on any atom is 0.152 e. The van der Waals surface area contributed by atoms with Crippen LogP contribution in [-0.4, -0.2) is 9.78 Å². The molecule has 105 valence electrons. The van der Waals surface area contributed by atoms with E-state index in [9.17, 15) is 0 Å². The van der Waals surface area contributed by atoms with Crippen LogP contribution in [0.5, 0.6) is 0 Å². The highest BCUT2D eigenvalue weighted by atomic mass is 15.3. The van der Waals surface area contributed by atoms with Crippen LogP contribution in [0.15, 0.2) is 48.7 Å². The van der Waals surface area contributed by atoms with Crippen LogP contribution in [0.25, 0.3) is 5.69 Å². The predicted octanol–water partition coefficient (Wildman–Crippen LogP) is 4.34. The lowest BCUT2D eigenvalue weighted by atomic mass is 10.0. The number of hydrogen-bond donors (Lipinski definition) is 1. The van der Waals surface area contributed by atoms with Gasteiger partial charge in [-0.3, -0.25) is 0 Å². The quantitative estimate of drug-likeness (QED) is 0.771. The minimum atomic E-state index is 0.840. The number of nitrogens with zero attached hydrogens (tertiary/aromatic N) is 2. The summed E-state index contributed by atoms with van der Waals surface area (Å²) in [5.74, 6) is 0.840. The molecular formula is C18H18N3. The van der Waals surface area contributed by atoms with Crippen molar-refractivity contribution < 1.29 is 0 Å². The lowest BCUT2D eigenvalue weighted by Crippen LogP contribution is -1.99. The molecule has 3 nitrogen and oxygen atoms in total. The Hall–Kier alpha value is -2.55. The SMILES string of the molecule is Cc1[c]c(C)c(C)c(Nc2ccn(-c3ccccc3)n2)c1. The summed E-state index contributed by atoms with van der Waals surface area (Å²) < 4.78 is 1.87. The predicted molar refractivity (Wildman–Crippen MR) is 86.3 cm³/mol. The zero-order valence-corrected chi connectivity index (χ0v) is 12.5. The summed E-state index contributed by atoms with van der Waals surface area (Å²) in [6.07, 6.45) is 1.96. The van der Waals surface area contributed by atoms with Crippen LogP contribution in [-0.2, 0) is 0 Å². The molecule has 0 aliphatic heterocycles. The highest BCUT2D eigenvalue weighted by molar-refractivity contribution is 5.63. The smallest absolute Gasteiger partial charge is 0.152 e. The molecule has 1 aromatic heterocycles. The molecule has 0 aliphatic carbocycles. The Kier molecular flexibility index (Phi) is 3.48. The van der Waals surface area contributed by atoms with Crippen molar-refractivity contribution >= 4 is 11.5 Å². The molecule has 0 spiro atoms. The van der Waals surface area contributed by atoms with Crippen molar-refractivity contribution in [1.82, 2.24) is 9.78 Å². The molecule has 1 radical (unpaired) electrons. The monoisotopic (exact) mass is 276 g/mol. The number of benzene rings is 2. The number of nitrogens with one attached hydrogen (secondary N) is 1. The van der Waals surface area contributed by atoms with Crippen LogP contribution < -0.4 is 5.32 Å². The number of para-hydroxylation sites is 1. The molecule has 0 aliphatic rings. The van der Waals surface area contributed by atoms with Crippen molar-refractivity contribution in [1.29, 1.82) is 0 Å². The fourth-order valence-corrected chi connectivity index (χ4v) is 2.34. The molecule has 1 N–H and O–H groups in total. The van der Waals surface area contributed by atoms with E-state index in [0.717, 1.165) is 22.8 Å². The Balaban J connectivity index is 1.89. The van der Waals surface area contributed by atoms with E-state index in [2.05, 4.69) is 43.3 Å². The van der Waals surface area contributed by atoms with Gasteiger partial charge in [-0.15, -0.1) is 0 Å². The minimum Gasteiger partial charge on any atom is -0.339 e. The maximum atomic E-state index is 4.57. The third-order valence-corrected chi connectivity index (χ3v) is 3.58. The van der Waals surface area contributed by atoms with E-state index in [1.165, 1.54) is 11.1 Å². The van der Waals surface area contributed by atoms with Gasteiger partial charge in [0.1, 0.15) is 0 Å². The van der Waals surface area contributed by atoms with Gasteiger partial charge in [-0.25, -0.2) is 4.68 Å². The van der Waals surface area contributed by atoms with Crippen molar-refractivity contribution in [2.45, 2.75) is 20.8 Å². The van der Waals surface area contributed by atoms with Gasteiger partial charge in [-0.2, -0.15) is 5.10 Å². The molecule has 1 heterocycles. The molecule has 0 atom stereocenters. The first-order valence-electron chi connectivity index (χ1n) is 7.02. The fraction of sp³-hybridized carbons (Fsp3) is 0.167. The van der Waals surface area contributed by atoms with Crippen LogP contribution in [0.2, 0.25) is 0 Å². The molecule has 0 bridgehead atoms. The number of hydrogen-bond acceptors (Lipinski definition) is 2. The summed E-state index contributed by atoms with van der Waals surface area (Å²) in [4.78, 5) is 0. The van der Waals surface area contributed by atoms with Gasteiger partial charge in [0.15, 0.2) is 5.82 Å². The Morgan fingerprint density at radius 1 is 1.05 bits per heavy atom. The average Bonchev–Trinajstić information content (AvgIpc) is 2.94. The Morgan fingerprint density at radius 2 is 1.81 bits per heavy atom. The van der Waals surface area contributed by atoms with Crippen molar-refractivity contribution in [2.75, 3.05) is 5.32 Å². The summed E-state index contributed by atoms with van der Waals surface area (Å²) in [5, 5.41) is 7.96. The Labute approximate surface area is 125 Å². The van der Waals surface area contributed by atoms with Gasteiger partial charge in [0.2, 0.25) is 0 Å². The van der Waals surface area contributed by atoms with Gasteiger partial charge in [0.25, 0.3) is 0 Å². The zero-order valence-electron chi connectivity index (χ0n) is 12.5. The molecule has 3 aromatic rings. The summed E-state index contributed by atoms with van der Waals surface area (Å²) >= 11 is 0. The molecule has 0 amide bonds. The van der Waals surface area contributed by atoms with Gasteiger partial charge in [-0.1, -0.05) is 18.2 Å². The average molecular weight is 276 g/mol. The highest BCUT2D eigenvalue weighted by Gasteiger charge is 2.06. The lowest BCUT2D eigenvalue weighted by Gasteiger charge is -2.10. The summed E-state index contributed by atoms with van der Waals surface area (Å²) in [6, 6.07) is 17.5. The number of aryl methyl sites for hydroxylation is 2. The van der Waals surface area contributed by atoms with Gasteiger partial charge in [0, 0.05) is 18.0 Å². The molecule has 0 saturated carbocycles. The van der Waals surface area contributed by atoms with Crippen molar-refractivity contribution in [3.63, 3.8) is 0 Å². The lowest BCUT2D eigenvalue weighted by molar-refractivity contribution is 0.884. The van der Waals surface area contributed by atoms with Gasteiger partial charge in [0.05, 0.1) is 5.69 Å². The van der Waals surface area contributed by atoms with Crippen molar-refractivity contribution in [3.8, 4) is 5.69 Å². The van der Waals surface area contributed by atoms with E-state index in [-0.39, 0.29) is 0 Å². The molecule has 3 rings (SSSR count). The molecule has 0 fully saturated rings. The van der Waals surface area contributed by atoms with Crippen LogP contribution in [0.3, 0.4) is 0 Å². The van der Waals surface area contributed by atoms with E-state index < -0.39 is 0 Å². The second kappa shape index (κ2) is 5.44. The second-order valence-electron chi connectivity index (χ2n) is 5.22. The summed E-state index contributed by atoms with van der Waals surface area (Å²) in [5.41, 5.74) is 5.64. The van der Waals surface area contributed by atoms with Crippen LogP contribution >= 0.6 is 0 Å². The Bertz CT molecular complexity index is 757. The topological polar surface area (TPSA) is 29.9 Å². The summed E-state index contributed by atoms with van der Waals surface area (Å²) in [6.45, 7) is 6.23. The molecule has 2 aromatic carbocycles. The third kappa shape index (κ3) is 2.82. The van der Waals surface area contributed by atoms with Crippen LogP contribution in [0.1, 0.15) is 16.7 Å². The van der Waals surface area contributed by atoms with E-state index in [1.54, 1.807) is 0 Å².